The molecule has 1 aromatic heterocycles. The maximum atomic E-state index is 12.6. The molecule has 3 rings (SSSR count). The number of nitrogens with zero attached hydrogens (tertiary/aromatic N) is 4. The minimum atomic E-state index is -0.466. The molecule has 0 spiro atoms. The van der Waals surface area contributed by atoms with Gasteiger partial charge in [-0.1, -0.05) is 31.7 Å². The van der Waals surface area contributed by atoms with Crippen molar-refractivity contribution in [3.63, 3.8) is 0 Å². The first kappa shape index (κ1) is 26.0. The van der Waals surface area contributed by atoms with E-state index in [2.05, 4.69) is 29.4 Å². The number of carbonyl (C=O) groups is 1. The molecule has 0 saturated carbocycles. The topological polar surface area (TPSA) is 121 Å². The van der Waals surface area contributed by atoms with Crippen LogP contribution in [0.15, 0.2) is 47.6 Å². The lowest BCUT2D eigenvalue weighted by Crippen LogP contribution is -2.17. The lowest BCUT2D eigenvalue weighted by molar-refractivity contribution is -0.384. The van der Waals surface area contributed by atoms with Gasteiger partial charge in [-0.15, -0.1) is 10.2 Å². The number of aromatic nitrogens is 3. The summed E-state index contributed by atoms with van der Waals surface area (Å²) in [6, 6.07) is 11.7. The van der Waals surface area contributed by atoms with Crippen molar-refractivity contribution in [3.8, 4) is 11.5 Å². The molecule has 0 aliphatic heterocycles. The van der Waals surface area contributed by atoms with Crippen LogP contribution in [0.3, 0.4) is 0 Å². The Morgan fingerprint density at radius 2 is 1.91 bits per heavy atom. The number of hydrogen-bond donors (Lipinski definition) is 1. The number of carbonyl (C=O) groups excluding carboxylic acids is 1. The van der Waals surface area contributed by atoms with E-state index in [1.165, 1.54) is 30.0 Å². The van der Waals surface area contributed by atoms with E-state index in [-0.39, 0.29) is 23.5 Å². The molecule has 0 fully saturated rings. The van der Waals surface area contributed by atoms with E-state index in [0.717, 1.165) is 0 Å². The number of benzene rings is 2. The average molecular weight is 500 g/mol. The Labute approximate surface area is 208 Å². The van der Waals surface area contributed by atoms with Crippen molar-refractivity contribution in [2.75, 3.05) is 18.2 Å². The molecule has 0 radical (unpaired) electrons. The summed E-state index contributed by atoms with van der Waals surface area (Å²) in [4.78, 5) is 23.0. The third kappa shape index (κ3) is 6.95. The minimum Gasteiger partial charge on any atom is -0.497 e. The number of nitrogens with one attached hydrogen (secondary N) is 1. The molecular formula is C24H29N5O5S. The van der Waals surface area contributed by atoms with Gasteiger partial charge in [-0.2, -0.15) is 0 Å². The summed E-state index contributed by atoms with van der Waals surface area (Å²) in [5.41, 5.74) is 1.13. The smallest absolute Gasteiger partial charge is 0.269 e. The fourth-order valence-electron chi connectivity index (χ4n) is 3.39. The van der Waals surface area contributed by atoms with Crippen molar-refractivity contribution in [1.29, 1.82) is 0 Å². The number of amides is 1. The first-order chi connectivity index (χ1) is 16.7. The van der Waals surface area contributed by atoms with Crippen LogP contribution in [0.2, 0.25) is 0 Å². The molecule has 11 heteroatoms. The molecule has 186 valence electrons. The van der Waals surface area contributed by atoms with Crippen molar-refractivity contribution in [2.45, 2.75) is 45.5 Å². The highest BCUT2D eigenvalue weighted by Crippen LogP contribution is 2.28. The first-order valence-corrected chi connectivity index (χ1v) is 12.1. The van der Waals surface area contributed by atoms with Gasteiger partial charge in [0, 0.05) is 30.4 Å². The monoisotopic (exact) mass is 499 g/mol. The second-order valence-electron chi connectivity index (χ2n) is 8.38. The highest BCUT2D eigenvalue weighted by molar-refractivity contribution is 7.99. The maximum absolute atomic E-state index is 12.6. The van der Waals surface area contributed by atoms with Gasteiger partial charge in [0.2, 0.25) is 5.91 Å². The van der Waals surface area contributed by atoms with Crippen LogP contribution in [0.5, 0.6) is 11.5 Å². The molecule has 10 nitrogen and oxygen atoms in total. The summed E-state index contributed by atoms with van der Waals surface area (Å²) in [6.07, 6.45) is -0.376. The number of hydrogen-bond acceptors (Lipinski definition) is 8. The second-order valence-corrected chi connectivity index (χ2v) is 9.32. The van der Waals surface area contributed by atoms with Crippen LogP contribution in [0.4, 0.5) is 11.4 Å². The fraction of sp³-hybridized carbons (Fsp3) is 0.375. The maximum Gasteiger partial charge on any atom is 0.269 e. The van der Waals surface area contributed by atoms with Crippen molar-refractivity contribution in [2.24, 2.45) is 5.92 Å². The van der Waals surface area contributed by atoms with Gasteiger partial charge in [0.15, 0.2) is 17.1 Å². The van der Waals surface area contributed by atoms with E-state index in [0.29, 0.717) is 46.2 Å². The van der Waals surface area contributed by atoms with Crippen molar-refractivity contribution < 1.29 is 19.2 Å². The molecule has 0 aliphatic rings. The number of methoxy groups -OCH3 is 1. The average Bonchev–Trinajstić information content (AvgIpc) is 3.20. The first-order valence-electron chi connectivity index (χ1n) is 11.1. The molecule has 0 bridgehead atoms. The Balaban J connectivity index is 1.70. The minimum absolute atomic E-state index is 0.0190. The number of thioether (sulfide) groups is 1. The molecule has 0 saturated heterocycles. The van der Waals surface area contributed by atoms with Crippen molar-refractivity contribution >= 4 is 29.0 Å². The third-order valence-electron chi connectivity index (χ3n) is 5.04. The lowest BCUT2D eigenvalue weighted by Gasteiger charge is -2.18. The Kier molecular flexibility index (Phi) is 8.69. The summed E-state index contributed by atoms with van der Waals surface area (Å²) < 4.78 is 13.3. The molecular weight excluding hydrogens is 470 g/mol. The van der Waals surface area contributed by atoms with Crippen LogP contribution < -0.4 is 14.8 Å². The van der Waals surface area contributed by atoms with Gasteiger partial charge in [0.25, 0.3) is 5.69 Å². The number of non-ortho nitro benzene ring substituents is 1. The van der Waals surface area contributed by atoms with Crippen LogP contribution in [0, 0.1) is 23.0 Å². The molecule has 0 aliphatic carbocycles. The molecule has 1 unspecified atom stereocenters. The van der Waals surface area contributed by atoms with Crippen molar-refractivity contribution in [1.82, 2.24) is 14.8 Å². The van der Waals surface area contributed by atoms with Crippen molar-refractivity contribution in [3.05, 3.63) is 64.0 Å². The van der Waals surface area contributed by atoms with E-state index in [4.69, 9.17) is 9.47 Å². The van der Waals surface area contributed by atoms with Gasteiger partial charge >= 0.3 is 0 Å². The van der Waals surface area contributed by atoms with Crippen LogP contribution in [0.1, 0.15) is 38.3 Å². The molecule has 2 aromatic carbocycles. The molecule has 1 heterocycles. The molecule has 1 atom stereocenters. The standard InChI is InChI=1S/C24H29N5O5S/c1-15(2)13-28-23(17(4)34-20-8-6-7-19(12-20)33-5)26-27-24(28)35-14-22(30)25-21-10-9-18(29(31)32)11-16(21)3/h6-12,15,17H,13-14H2,1-5H3,(H,25,30). The zero-order chi connectivity index (χ0) is 25.5. The molecule has 1 N–H and O–H groups in total. The SMILES string of the molecule is COc1cccc(OC(C)c2nnc(SCC(=O)Nc3ccc([N+](=O)[O-])cc3C)n2CC(C)C)c1. The van der Waals surface area contributed by atoms with Gasteiger partial charge in [-0.25, -0.2) is 0 Å². The number of nitro benzene ring substituents is 1. The van der Waals surface area contributed by atoms with Crippen LogP contribution >= 0.6 is 11.8 Å². The predicted octanol–water partition coefficient (Wildman–Crippen LogP) is 5.03. The summed E-state index contributed by atoms with van der Waals surface area (Å²) in [5.74, 6) is 2.21. The number of rotatable bonds is 11. The summed E-state index contributed by atoms with van der Waals surface area (Å²) >= 11 is 1.27. The second kappa shape index (κ2) is 11.7. The van der Waals surface area contributed by atoms with E-state index in [1.54, 1.807) is 20.1 Å². The van der Waals surface area contributed by atoms with Crippen LogP contribution in [0.25, 0.3) is 0 Å². The Morgan fingerprint density at radius 1 is 1.17 bits per heavy atom. The zero-order valence-electron chi connectivity index (χ0n) is 20.3. The van der Waals surface area contributed by atoms with E-state index in [9.17, 15) is 14.9 Å². The van der Waals surface area contributed by atoms with Gasteiger partial charge in [0.05, 0.1) is 17.8 Å². The van der Waals surface area contributed by atoms with E-state index >= 15 is 0 Å². The molecule has 1 amide bonds. The predicted molar refractivity (Wildman–Crippen MR) is 134 cm³/mol. The van der Waals surface area contributed by atoms with E-state index < -0.39 is 4.92 Å². The Hall–Kier alpha value is -3.60. The summed E-state index contributed by atoms with van der Waals surface area (Å²) in [6.45, 7) is 8.47. The Morgan fingerprint density at radius 3 is 2.57 bits per heavy atom. The lowest BCUT2D eigenvalue weighted by atomic mass is 10.2. The number of aryl methyl sites for hydroxylation is 1. The fourth-order valence-corrected chi connectivity index (χ4v) is 4.15. The Bertz CT molecular complexity index is 1200. The van der Waals surface area contributed by atoms with Gasteiger partial charge < -0.3 is 19.4 Å². The van der Waals surface area contributed by atoms with Crippen LogP contribution in [-0.4, -0.2) is 38.5 Å². The largest absolute Gasteiger partial charge is 0.497 e. The highest BCUT2D eigenvalue weighted by atomic mass is 32.2. The highest BCUT2D eigenvalue weighted by Gasteiger charge is 2.21. The summed E-state index contributed by atoms with van der Waals surface area (Å²) in [7, 11) is 1.60. The van der Waals surface area contributed by atoms with E-state index in [1.807, 2.05) is 29.7 Å². The van der Waals surface area contributed by atoms with Crippen LogP contribution in [-0.2, 0) is 11.3 Å². The third-order valence-corrected chi connectivity index (χ3v) is 6.00. The number of ether oxygens (including phenoxy) is 2. The molecule has 35 heavy (non-hydrogen) atoms. The zero-order valence-corrected chi connectivity index (χ0v) is 21.2. The van der Waals surface area contributed by atoms with Gasteiger partial charge in [-0.05, 0) is 43.5 Å². The summed E-state index contributed by atoms with van der Waals surface area (Å²) in [5, 5.41) is 23.0. The van der Waals surface area contributed by atoms with Gasteiger partial charge in [0.1, 0.15) is 11.5 Å². The normalized spacial score (nSPS) is 11.8. The molecule has 3 aromatic rings. The number of anilines is 1. The quantitative estimate of drug-likeness (QED) is 0.221. The number of nitro groups is 1. The van der Waals surface area contributed by atoms with Gasteiger partial charge in [-0.3, -0.25) is 14.9 Å².